The Hall–Kier alpha value is -1.30. The smallest absolute Gasteiger partial charge is 0.256 e. The van der Waals surface area contributed by atoms with Crippen molar-refractivity contribution >= 4 is 23.2 Å². The molecule has 2 rings (SSSR count). The molecule has 5 nitrogen and oxygen atoms in total. The highest BCUT2D eigenvalue weighted by atomic mass is 35.5. The summed E-state index contributed by atoms with van der Waals surface area (Å²) in [5.74, 6) is 0.950. The summed E-state index contributed by atoms with van der Waals surface area (Å²) < 4.78 is 16.7. The van der Waals surface area contributed by atoms with Crippen molar-refractivity contribution in [2.45, 2.75) is 58.2 Å². The molecule has 0 aliphatic heterocycles. The lowest BCUT2D eigenvalue weighted by Gasteiger charge is -2.38. The van der Waals surface area contributed by atoms with Gasteiger partial charge in [0.2, 0.25) is 0 Å². The Bertz CT molecular complexity index is 605. The average Bonchev–Trinajstić information content (AvgIpc) is 2.58. The highest BCUT2D eigenvalue weighted by Gasteiger charge is 2.42. The van der Waals surface area contributed by atoms with Gasteiger partial charge >= 0.3 is 0 Å². The minimum absolute atomic E-state index is 0.0941. The maximum atomic E-state index is 13.0. The topological polar surface area (TPSA) is 56.8 Å². The standard InChI is InChI=1S/C20H30ClNO4/c1-5-25-20(10-6-7-14(2)12-20)19(23)22-16-8-9-18(17(21)11-16)26-15(3)13-24-4/h8-9,11,14-15H,5-7,10,12-13H2,1-4H3,(H,22,23). The van der Waals surface area contributed by atoms with Crippen LogP contribution in [0.3, 0.4) is 0 Å². The quantitative estimate of drug-likeness (QED) is 0.708. The summed E-state index contributed by atoms with van der Waals surface area (Å²) >= 11 is 6.31. The summed E-state index contributed by atoms with van der Waals surface area (Å²) in [7, 11) is 1.63. The molecule has 3 atom stereocenters. The SMILES string of the molecule is CCOC1(C(=O)Nc2ccc(OC(C)COC)c(Cl)c2)CCCC(C)C1. The maximum Gasteiger partial charge on any atom is 0.256 e. The summed E-state index contributed by atoms with van der Waals surface area (Å²) in [5, 5.41) is 3.43. The predicted octanol–water partition coefficient (Wildman–Crippen LogP) is 4.68. The van der Waals surface area contributed by atoms with E-state index < -0.39 is 5.60 Å². The van der Waals surface area contributed by atoms with Gasteiger partial charge in [0.25, 0.3) is 5.91 Å². The third-order valence-electron chi connectivity index (χ3n) is 4.71. The molecule has 1 saturated carbocycles. The number of carbonyl (C=O) groups excluding carboxylic acids is 1. The number of halogens is 1. The number of rotatable bonds is 8. The molecular weight excluding hydrogens is 354 g/mol. The number of anilines is 1. The Morgan fingerprint density at radius 2 is 2.23 bits per heavy atom. The molecular formula is C20H30ClNO4. The Morgan fingerprint density at radius 3 is 2.85 bits per heavy atom. The first-order chi connectivity index (χ1) is 12.4. The van der Waals surface area contributed by atoms with Crippen LogP contribution in [0.5, 0.6) is 5.75 Å². The molecule has 1 fully saturated rings. The number of amides is 1. The van der Waals surface area contributed by atoms with E-state index in [0.29, 0.717) is 35.6 Å². The molecule has 0 saturated heterocycles. The first-order valence-electron chi connectivity index (χ1n) is 9.30. The van der Waals surface area contributed by atoms with Crippen LogP contribution in [-0.2, 0) is 14.3 Å². The van der Waals surface area contributed by atoms with Crippen molar-refractivity contribution in [2.24, 2.45) is 5.92 Å². The molecule has 1 N–H and O–H groups in total. The normalized spacial score (nSPS) is 24.1. The number of carbonyl (C=O) groups is 1. The Kier molecular flexibility index (Phi) is 7.74. The number of ether oxygens (including phenoxy) is 3. The van der Waals surface area contributed by atoms with Crippen LogP contribution in [0.1, 0.15) is 46.5 Å². The van der Waals surface area contributed by atoms with Crippen molar-refractivity contribution in [3.8, 4) is 5.75 Å². The van der Waals surface area contributed by atoms with Gasteiger partial charge in [-0.3, -0.25) is 4.79 Å². The fourth-order valence-electron chi connectivity index (χ4n) is 3.59. The maximum absolute atomic E-state index is 13.0. The van der Waals surface area contributed by atoms with Crippen molar-refractivity contribution in [3.05, 3.63) is 23.2 Å². The van der Waals surface area contributed by atoms with Gasteiger partial charge in [0, 0.05) is 19.4 Å². The highest BCUT2D eigenvalue weighted by Crippen LogP contribution is 2.37. The second-order valence-corrected chi connectivity index (χ2v) is 7.52. The molecule has 146 valence electrons. The van der Waals surface area contributed by atoms with E-state index in [9.17, 15) is 4.79 Å². The van der Waals surface area contributed by atoms with Gasteiger partial charge < -0.3 is 19.5 Å². The Morgan fingerprint density at radius 1 is 1.46 bits per heavy atom. The minimum Gasteiger partial charge on any atom is -0.487 e. The van der Waals surface area contributed by atoms with E-state index in [0.717, 1.165) is 25.7 Å². The van der Waals surface area contributed by atoms with Crippen LogP contribution in [0.2, 0.25) is 5.02 Å². The minimum atomic E-state index is -0.749. The van der Waals surface area contributed by atoms with E-state index in [1.165, 1.54) is 0 Å². The second-order valence-electron chi connectivity index (χ2n) is 7.11. The first-order valence-corrected chi connectivity index (χ1v) is 9.68. The van der Waals surface area contributed by atoms with Gasteiger partial charge in [-0.1, -0.05) is 24.9 Å². The zero-order chi connectivity index (χ0) is 19.2. The lowest BCUT2D eigenvalue weighted by Crippen LogP contribution is -2.48. The molecule has 6 heteroatoms. The highest BCUT2D eigenvalue weighted by molar-refractivity contribution is 6.32. The molecule has 0 aromatic heterocycles. The van der Waals surface area contributed by atoms with Gasteiger partial charge in [-0.25, -0.2) is 0 Å². The van der Waals surface area contributed by atoms with Gasteiger partial charge in [-0.2, -0.15) is 0 Å². The van der Waals surface area contributed by atoms with Crippen LogP contribution in [0, 0.1) is 5.92 Å². The Balaban J connectivity index is 2.09. The van der Waals surface area contributed by atoms with Crippen LogP contribution in [0.15, 0.2) is 18.2 Å². The molecule has 1 aliphatic carbocycles. The van der Waals surface area contributed by atoms with Crippen molar-refractivity contribution in [1.82, 2.24) is 0 Å². The zero-order valence-corrected chi connectivity index (χ0v) is 16.9. The third-order valence-corrected chi connectivity index (χ3v) is 5.00. The van der Waals surface area contributed by atoms with Crippen molar-refractivity contribution in [3.63, 3.8) is 0 Å². The predicted molar refractivity (Wildman–Crippen MR) is 104 cm³/mol. The van der Waals surface area contributed by atoms with Crippen molar-refractivity contribution in [1.29, 1.82) is 0 Å². The van der Waals surface area contributed by atoms with Crippen molar-refractivity contribution < 1.29 is 19.0 Å². The third kappa shape index (κ3) is 5.35. The van der Waals surface area contributed by atoms with Gasteiger partial charge in [-0.05, 0) is 57.2 Å². The van der Waals surface area contributed by atoms with E-state index in [2.05, 4.69) is 12.2 Å². The fraction of sp³-hybridized carbons (Fsp3) is 0.650. The summed E-state index contributed by atoms with van der Waals surface area (Å²) in [6.07, 6.45) is 3.53. The lowest BCUT2D eigenvalue weighted by molar-refractivity contribution is -0.147. The number of hydrogen-bond acceptors (Lipinski definition) is 4. The molecule has 3 unspecified atom stereocenters. The van der Waals surface area contributed by atoms with Crippen LogP contribution in [0.4, 0.5) is 5.69 Å². The molecule has 1 aromatic carbocycles. The summed E-state index contributed by atoms with van der Waals surface area (Å²) in [6, 6.07) is 5.27. The van der Waals surface area contributed by atoms with Crippen LogP contribution >= 0.6 is 11.6 Å². The largest absolute Gasteiger partial charge is 0.487 e. The Labute approximate surface area is 161 Å². The summed E-state index contributed by atoms with van der Waals surface area (Å²) in [4.78, 5) is 13.0. The van der Waals surface area contributed by atoms with Crippen molar-refractivity contribution in [2.75, 3.05) is 25.6 Å². The van der Waals surface area contributed by atoms with E-state index in [-0.39, 0.29) is 12.0 Å². The number of methoxy groups -OCH3 is 1. The van der Waals surface area contributed by atoms with E-state index >= 15 is 0 Å². The second kappa shape index (κ2) is 9.58. The molecule has 1 amide bonds. The van der Waals surface area contributed by atoms with E-state index in [1.54, 1.807) is 25.3 Å². The zero-order valence-electron chi connectivity index (χ0n) is 16.1. The van der Waals surface area contributed by atoms with Gasteiger partial charge in [0.1, 0.15) is 17.5 Å². The molecule has 1 aromatic rings. The number of hydrogen-bond donors (Lipinski definition) is 1. The number of benzene rings is 1. The molecule has 0 heterocycles. The van der Waals surface area contributed by atoms with Gasteiger partial charge in [0.15, 0.2) is 0 Å². The molecule has 0 bridgehead atoms. The van der Waals surface area contributed by atoms with Gasteiger partial charge in [-0.15, -0.1) is 0 Å². The summed E-state index contributed by atoms with van der Waals surface area (Å²) in [5.41, 5.74) is -0.106. The van der Waals surface area contributed by atoms with E-state index in [1.807, 2.05) is 13.8 Å². The van der Waals surface area contributed by atoms with E-state index in [4.69, 9.17) is 25.8 Å². The lowest BCUT2D eigenvalue weighted by atomic mass is 9.78. The van der Waals surface area contributed by atoms with Crippen LogP contribution in [-0.4, -0.2) is 37.9 Å². The molecule has 0 radical (unpaired) electrons. The first kappa shape index (κ1) is 21.0. The molecule has 0 spiro atoms. The fourth-order valence-corrected chi connectivity index (χ4v) is 3.81. The van der Waals surface area contributed by atoms with Crippen LogP contribution < -0.4 is 10.1 Å². The van der Waals surface area contributed by atoms with Gasteiger partial charge in [0.05, 0.1) is 11.6 Å². The molecule has 26 heavy (non-hydrogen) atoms. The molecule has 1 aliphatic rings. The van der Waals surface area contributed by atoms with Crippen LogP contribution in [0.25, 0.3) is 0 Å². The summed E-state index contributed by atoms with van der Waals surface area (Å²) in [6.45, 7) is 7.00. The number of nitrogens with one attached hydrogen (secondary N) is 1. The average molecular weight is 384 g/mol. The monoisotopic (exact) mass is 383 g/mol.